The molecule has 6 heteroatoms. The normalized spacial score (nSPS) is 17.1. The van der Waals surface area contributed by atoms with Crippen LogP contribution in [-0.4, -0.2) is 54.0 Å². The number of hydrogen-bond acceptors (Lipinski definition) is 4. The van der Waals surface area contributed by atoms with Crippen LogP contribution >= 0.6 is 0 Å². The van der Waals surface area contributed by atoms with Gasteiger partial charge in [-0.2, -0.15) is 0 Å². The summed E-state index contributed by atoms with van der Waals surface area (Å²) in [5.41, 5.74) is -0.456. The highest BCUT2D eigenvalue weighted by molar-refractivity contribution is 5.69. The van der Waals surface area contributed by atoms with Crippen molar-refractivity contribution < 1.29 is 24.2 Å². The molecule has 0 bridgehead atoms. The monoisotopic (exact) mass is 243 g/mol. The van der Waals surface area contributed by atoms with Gasteiger partial charge in [0.05, 0.1) is 26.1 Å². The van der Waals surface area contributed by atoms with Crippen LogP contribution in [0.1, 0.15) is 13.3 Å². The van der Waals surface area contributed by atoms with Crippen molar-refractivity contribution in [3.05, 3.63) is 12.7 Å². The molecule has 0 aromatic heterocycles. The van der Waals surface area contributed by atoms with Crippen LogP contribution < -0.4 is 0 Å². The molecule has 1 heterocycles. The van der Waals surface area contributed by atoms with Gasteiger partial charge in [-0.1, -0.05) is 12.7 Å². The molecule has 1 N–H and O–H groups in total. The van der Waals surface area contributed by atoms with Gasteiger partial charge in [0.25, 0.3) is 0 Å². The summed E-state index contributed by atoms with van der Waals surface area (Å²) in [4.78, 5) is 23.2. The second-order valence-electron chi connectivity index (χ2n) is 4.16. The highest BCUT2D eigenvalue weighted by Crippen LogP contribution is 2.25. The number of likely N-dealkylation sites (tertiary alicyclic amines) is 1. The van der Waals surface area contributed by atoms with Crippen molar-refractivity contribution in [3.8, 4) is 0 Å². The van der Waals surface area contributed by atoms with Crippen LogP contribution in [0.3, 0.4) is 0 Å². The molecule has 0 radical (unpaired) electrons. The lowest BCUT2D eigenvalue weighted by molar-refractivity contribution is -0.146. The Morgan fingerprint density at radius 2 is 2.18 bits per heavy atom. The summed E-state index contributed by atoms with van der Waals surface area (Å²) in [6.07, 6.45) is 1.07. The highest BCUT2D eigenvalue weighted by Gasteiger charge is 2.43. The maximum Gasteiger partial charge on any atom is 0.410 e. The van der Waals surface area contributed by atoms with Crippen molar-refractivity contribution in [2.75, 3.05) is 26.3 Å². The predicted octanol–water partition coefficient (Wildman–Crippen LogP) is 0.875. The average molecular weight is 243 g/mol. The molecule has 1 fully saturated rings. The standard InChI is InChI=1S/C11H17NO5/c1-3-5-16-10(15)12-7-11(2,8-12)17-6-4-9(13)14/h3H,1,4-8H2,2H3,(H,13,14). The van der Waals surface area contributed by atoms with Crippen LogP contribution in [0.5, 0.6) is 0 Å². The Kier molecular flexibility index (Phi) is 4.51. The second kappa shape index (κ2) is 5.67. The van der Waals surface area contributed by atoms with E-state index in [1.165, 1.54) is 11.0 Å². The number of rotatable bonds is 6. The number of carboxylic acid groups (broad SMARTS) is 1. The van der Waals surface area contributed by atoms with Gasteiger partial charge in [-0.05, 0) is 6.92 Å². The van der Waals surface area contributed by atoms with E-state index in [-0.39, 0.29) is 19.6 Å². The van der Waals surface area contributed by atoms with E-state index in [0.29, 0.717) is 13.1 Å². The number of aliphatic carboxylic acids is 1. The van der Waals surface area contributed by atoms with Crippen molar-refractivity contribution in [3.63, 3.8) is 0 Å². The summed E-state index contributed by atoms with van der Waals surface area (Å²) < 4.78 is 10.3. The van der Waals surface area contributed by atoms with Crippen molar-refractivity contribution >= 4 is 12.1 Å². The Hall–Kier alpha value is -1.56. The topological polar surface area (TPSA) is 76.1 Å². The molecule has 17 heavy (non-hydrogen) atoms. The molecule has 0 aromatic carbocycles. The Bertz CT molecular complexity index is 309. The van der Waals surface area contributed by atoms with Crippen LogP contribution in [0.15, 0.2) is 12.7 Å². The largest absolute Gasteiger partial charge is 0.481 e. The van der Waals surface area contributed by atoms with E-state index < -0.39 is 17.7 Å². The molecule has 0 unspecified atom stereocenters. The van der Waals surface area contributed by atoms with E-state index in [9.17, 15) is 9.59 Å². The Balaban J connectivity index is 2.21. The third-order valence-corrected chi connectivity index (χ3v) is 2.40. The molecule has 1 saturated heterocycles. The molecule has 96 valence electrons. The van der Waals surface area contributed by atoms with E-state index >= 15 is 0 Å². The van der Waals surface area contributed by atoms with Gasteiger partial charge in [-0.15, -0.1) is 0 Å². The van der Waals surface area contributed by atoms with Gasteiger partial charge in [0, 0.05) is 0 Å². The fourth-order valence-electron chi connectivity index (χ4n) is 1.59. The first-order valence-corrected chi connectivity index (χ1v) is 5.35. The van der Waals surface area contributed by atoms with Crippen molar-refractivity contribution in [1.29, 1.82) is 0 Å². The van der Waals surface area contributed by atoms with Crippen LogP contribution in [0.25, 0.3) is 0 Å². The van der Waals surface area contributed by atoms with E-state index in [0.717, 1.165) is 0 Å². The zero-order valence-corrected chi connectivity index (χ0v) is 9.85. The lowest BCUT2D eigenvalue weighted by Crippen LogP contribution is -2.63. The van der Waals surface area contributed by atoms with Crippen molar-refractivity contribution in [2.24, 2.45) is 0 Å². The van der Waals surface area contributed by atoms with E-state index in [1.54, 1.807) is 0 Å². The molecule has 6 nitrogen and oxygen atoms in total. The number of hydrogen-bond donors (Lipinski definition) is 1. The van der Waals surface area contributed by atoms with Crippen LogP contribution in [0, 0.1) is 0 Å². The molecule has 0 atom stereocenters. The zero-order chi connectivity index (χ0) is 12.9. The van der Waals surface area contributed by atoms with Gasteiger partial charge in [-0.3, -0.25) is 4.79 Å². The molecule has 1 aliphatic heterocycles. The van der Waals surface area contributed by atoms with Gasteiger partial charge in [-0.25, -0.2) is 4.79 Å². The van der Waals surface area contributed by atoms with Gasteiger partial charge >= 0.3 is 12.1 Å². The third kappa shape index (κ3) is 4.07. The van der Waals surface area contributed by atoms with Gasteiger partial charge in [0.1, 0.15) is 12.2 Å². The number of carbonyl (C=O) groups excluding carboxylic acids is 1. The van der Waals surface area contributed by atoms with E-state index in [4.69, 9.17) is 14.6 Å². The summed E-state index contributed by atoms with van der Waals surface area (Å²) in [7, 11) is 0. The first-order chi connectivity index (χ1) is 7.97. The minimum absolute atomic E-state index is 0.0312. The summed E-state index contributed by atoms with van der Waals surface area (Å²) in [6, 6.07) is 0. The van der Waals surface area contributed by atoms with Crippen LogP contribution in [0.2, 0.25) is 0 Å². The maximum atomic E-state index is 11.4. The van der Waals surface area contributed by atoms with Crippen molar-refractivity contribution in [2.45, 2.75) is 18.9 Å². The highest BCUT2D eigenvalue weighted by atomic mass is 16.6. The van der Waals surface area contributed by atoms with Crippen LogP contribution in [0.4, 0.5) is 4.79 Å². The Morgan fingerprint density at radius 3 is 2.71 bits per heavy atom. The molecule has 1 amide bonds. The summed E-state index contributed by atoms with van der Waals surface area (Å²) >= 11 is 0. The third-order valence-electron chi connectivity index (χ3n) is 2.40. The zero-order valence-electron chi connectivity index (χ0n) is 9.85. The molecule has 0 saturated carbocycles. The summed E-state index contributed by atoms with van der Waals surface area (Å²) in [6.45, 7) is 6.46. The first kappa shape index (κ1) is 13.5. The minimum Gasteiger partial charge on any atom is -0.481 e. The second-order valence-corrected chi connectivity index (χ2v) is 4.16. The number of ether oxygens (including phenoxy) is 2. The molecule has 0 aliphatic carbocycles. The molecular weight excluding hydrogens is 226 g/mol. The van der Waals surface area contributed by atoms with E-state index in [2.05, 4.69) is 6.58 Å². The fourth-order valence-corrected chi connectivity index (χ4v) is 1.59. The lowest BCUT2D eigenvalue weighted by atomic mass is 9.97. The summed E-state index contributed by atoms with van der Waals surface area (Å²) in [5, 5.41) is 8.46. The molecule has 1 aliphatic rings. The fraction of sp³-hybridized carbons (Fsp3) is 0.636. The minimum atomic E-state index is -0.893. The molecule has 1 rings (SSSR count). The number of carboxylic acids is 1. The van der Waals surface area contributed by atoms with Gasteiger partial charge < -0.3 is 19.5 Å². The number of nitrogens with zero attached hydrogens (tertiary/aromatic N) is 1. The smallest absolute Gasteiger partial charge is 0.410 e. The average Bonchev–Trinajstić information content (AvgIpc) is 2.21. The van der Waals surface area contributed by atoms with Gasteiger partial charge in [0.15, 0.2) is 0 Å². The van der Waals surface area contributed by atoms with Crippen LogP contribution in [-0.2, 0) is 14.3 Å². The Labute approximate surface area is 99.8 Å². The summed E-state index contributed by atoms with van der Waals surface area (Å²) in [5.74, 6) is -0.893. The number of carbonyl (C=O) groups is 2. The quantitative estimate of drug-likeness (QED) is 0.701. The maximum absolute atomic E-state index is 11.4. The Morgan fingerprint density at radius 1 is 1.53 bits per heavy atom. The van der Waals surface area contributed by atoms with Gasteiger partial charge in [0.2, 0.25) is 0 Å². The predicted molar refractivity (Wildman–Crippen MR) is 59.7 cm³/mol. The SMILES string of the molecule is C=CCOC(=O)N1CC(C)(OCCC(=O)O)C1. The van der Waals surface area contributed by atoms with Crippen molar-refractivity contribution in [1.82, 2.24) is 4.90 Å². The molecule has 0 aromatic rings. The first-order valence-electron chi connectivity index (χ1n) is 5.35. The van der Waals surface area contributed by atoms with E-state index in [1.807, 2.05) is 6.92 Å². The number of amides is 1. The lowest BCUT2D eigenvalue weighted by Gasteiger charge is -2.46. The molecule has 0 spiro atoms. The molecular formula is C11H17NO5.